The molecule has 1 aromatic carbocycles. The summed E-state index contributed by atoms with van der Waals surface area (Å²) in [6.45, 7) is 0. The minimum atomic E-state index is -0.506. The standard InChI is InChI=1S/C8H10N4O/c9-7(12-10)8(13)11-6-4-2-1-3-5-6/h1-5H,10H2,(H2,9,12)(H,11,13). The van der Waals surface area contributed by atoms with E-state index in [2.05, 4.69) is 10.4 Å². The van der Waals surface area contributed by atoms with Gasteiger partial charge in [0.1, 0.15) is 0 Å². The van der Waals surface area contributed by atoms with Gasteiger partial charge in [-0.3, -0.25) is 4.79 Å². The van der Waals surface area contributed by atoms with Crippen molar-refractivity contribution in [3.05, 3.63) is 30.3 Å². The number of hydrogen-bond acceptors (Lipinski definition) is 3. The molecule has 5 nitrogen and oxygen atoms in total. The molecule has 0 aliphatic heterocycles. The number of carbonyl (C=O) groups excluding carboxylic acids is 1. The van der Waals surface area contributed by atoms with Gasteiger partial charge in [-0.1, -0.05) is 18.2 Å². The fourth-order valence-electron chi connectivity index (χ4n) is 0.775. The highest BCUT2D eigenvalue weighted by molar-refractivity contribution is 6.41. The van der Waals surface area contributed by atoms with Crippen molar-refractivity contribution in [2.75, 3.05) is 5.32 Å². The minimum absolute atomic E-state index is 0.246. The maximum Gasteiger partial charge on any atom is 0.292 e. The predicted octanol–water partition coefficient (Wildman–Crippen LogP) is -0.144. The van der Waals surface area contributed by atoms with Gasteiger partial charge in [-0.05, 0) is 12.1 Å². The van der Waals surface area contributed by atoms with Gasteiger partial charge in [0.25, 0.3) is 5.91 Å². The van der Waals surface area contributed by atoms with Gasteiger partial charge < -0.3 is 16.9 Å². The first kappa shape index (κ1) is 9.05. The number of anilines is 1. The summed E-state index contributed by atoms with van der Waals surface area (Å²) < 4.78 is 0. The van der Waals surface area contributed by atoms with Crippen LogP contribution in [0, 0.1) is 0 Å². The number of para-hydroxylation sites is 1. The number of nitrogens with one attached hydrogen (secondary N) is 1. The molecular formula is C8H10N4O. The van der Waals surface area contributed by atoms with Gasteiger partial charge >= 0.3 is 0 Å². The van der Waals surface area contributed by atoms with Gasteiger partial charge in [-0.15, -0.1) is 0 Å². The Morgan fingerprint density at radius 2 is 1.92 bits per heavy atom. The quantitative estimate of drug-likeness (QED) is 0.242. The first-order valence-electron chi connectivity index (χ1n) is 3.64. The lowest BCUT2D eigenvalue weighted by molar-refractivity contribution is -0.110. The lowest BCUT2D eigenvalue weighted by atomic mass is 10.3. The maximum atomic E-state index is 11.1. The molecule has 0 radical (unpaired) electrons. The molecule has 0 bridgehead atoms. The molecule has 0 atom stereocenters. The molecule has 13 heavy (non-hydrogen) atoms. The van der Waals surface area contributed by atoms with Crippen LogP contribution >= 0.6 is 0 Å². The summed E-state index contributed by atoms with van der Waals surface area (Å²) >= 11 is 0. The minimum Gasteiger partial charge on any atom is -0.378 e. The summed E-state index contributed by atoms with van der Waals surface area (Å²) in [5, 5.41) is 5.58. The molecule has 0 aromatic heterocycles. The summed E-state index contributed by atoms with van der Waals surface area (Å²) in [4.78, 5) is 11.1. The first-order valence-corrected chi connectivity index (χ1v) is 3.64. The Bertz CT molecular complexity index is 320. The highest BCUT2D eigenvalue weighted by Gasteiger charge is 2.05. The van der Waals surface area contributed by atoms with Crippen LogP contribution in [0.1, 0.15) is 0 Å². The van der Waals surface area contributed by atoms with Crippen molar-refractivity contribution in [3.63, 3.8) is 0 Å². The molecule has 5 heteroatoms. The number of nitrogens with two attached hydrogens (primary N) is 2. The zero-order chi connectivity index (χ0) is 9.68. The van der Waals surface area contributed by atoms with E-state index in [1.165, 1.54) is 0 Å². The van der Waals surface area contributed by atoms with Gasteiger partial charge in [-0.2, -0.15) is 5.10 Å². The van der Waals surface area contributed by atoms with Crippen LogP contribution in [0.15, 0.2) is 35.4 Å². The third-order valence-electron chi connectivity index (χ3n) is 1.40. The second-order valence-corrected chi connectivity index (χ2v) is 2.33. The van der Waals surface area contributed by atoms with E-state index in [0.717, 1.165) is 0 Å². The third kappa shape index (κ3) is 2.48. The van der Waals surface area contributed by atoms with E-state index in [0.29, 0.717) is 5.69 Å². The summed E-state index contributed by atoms with van der Waals surface area (Å²) in [6.07, 6.45) is 0. The van der Waals surface area contributed by atoms with Gasteiger partial charge in [0, 0.05) is 5.69 Å². The van der Waals surface area contributed by atoms with E-state index < -0.39 is 5.91 Å². The van der Waals surface area contributed by atoms with Crippen LogP contribution in [-0.2, 0) is 4.79 Å². The number of benzene rings is 1. The van der Waals surface area contributed by atoms with Crippen molar-refractivity contribution >= 4 is 17.4 Å². The molecule has 0 heterocycles. The van der Waals surface area contributed by atoms with Gasteiger partial charge in [-0.25, -0.2) is 0 Å². The molecule has 1 amide bonds. The molecule has 0 spiro atoms. The molecule has 0 aliphatic carbocycles. The smallest absolute Gasteiger partial charge is 0.292 e. The largest absolute Gasteiger partial charge is 0.378 e. The SMILES string of the molecule is N/N=C(\N)C(=O)Nc1ccccc1. The van der Waals surface area contributed by atoms with Crippen molar-refractivity contribution in [3.8, 4) is 0 Å². The fourth-order valence-corrected chi connectivity index (χ4v) is 0.775. The highest BCUT2D eigenvalue weighted by Crippen LogP contribution is 2.03. The topological polar surface area (TPSA) is 93.5 Å². The fraction of sp³-hybridized carbons (Fsp3) is 0. The Morgan fingerprint density at radius 3 is 2.46 bits per heavy atom. The zero-order valence-electron chi connectivity index (χ0n) is 6.90. The molecular weight excluding hydrogens is 168 g/mol. The third-order valence-corrected chi connectivity index (χ3v) is 1.40. The Hall–Kier alpha value is -2.04. The van der Waals surface area contributed by atoms with Gasteiger partial charge in [0.15, 0.2) is 0 Å². The average molecular weight is 178 g/mol. The average Bonchev–Trinajstić information content (AvgIpc) is 2.18. The normalized spacial score (nSPS) is 10.9. The Morgan fingerprint density at radius 1 is 1.31 bits per heavy atom. The molecule has 0 aliphatic rings. The number of amides is 1. The molecule has 68 valence electrons. The van der Waals surface area contributed by atoms with E-state index in [4.69, 9.17) is 11.6 Å². The molecule has 0 saturated heterocycles. The van der Waals surface area contributed by atoms with Crippen LogP contribution in [0.5, 0.6) is 0 Å². The number of hydrogen-bond donors (Lipinski definition) is 3. The van der Waals surface area contributed by atoms with Crippen LogP contribution in [0.4, 0.5) is 5.69 Å². The monoisotopic (exact) mass is 178 g/mol. The van der Waals surface area contributed by atoms with E-state index in [9.17, 15) is 4.79 Å². The van der Waals surface area contributed by atoms with Crippen LogP contribution in [0.2, 0.25) is 0 Å². The molecule has 0 fully saturated rings. The van der Waals surface area contributed by atoms with Crippen LogP contribution in [-0.4, -0.2) is 11.7 Å². The van der Waals surface area contributed by atoms with Crippen LogP contribution in [0.25, 0.3) is 0 Å². The number of carbonyl (C=O) groups is 1. The molecule has 1 rings (SSSR count). The van der Waals surface area contributed by atoms with E-state index >= 15 is 0 Å². The van der Waals surface area contributed by atoms with Gasteiger partial charge in [0.05, 0.1) is 0 Å². The van der Waals surface area contributed by atoms with Crippen molar-refractivity contribution < 1.29 is 4.79 Å². The summed E-state index contributed by atoms with van der Waals surface area (Å²) in [7, 11) is 0. The lowest BCUT2D eigenvalue weighted by Gasteiger charge is -2.02. The molecule has 0 saturated carbocycles. The summed E-state index contributed by atoms with van der Waals surface area (Å²) in [5.74, 6) is 4.08. The van der Waals surface area contributed by atoms with Crippen molar-refractivity contribution in [1.29, 1.82) is 0 Å². The van der Waals surface area contributed by atoms with Crippen molar-refractivity contribution in [2.24, 2.45) is 16.7 Å². The van der Waals surface area contributed by atoms with Gasteiger partial charge in [0.2, 0.25) is 5.84 Å². The van der Waals surface area contributed by atoms with Crippen LogP contribution in [0.3, 0.4) is 0 Å². The Kier molecular flexibility index (Phi) is 2.86. The number of hydrazone groups is 1. The van der Waals surface area contributed by atoms with E-state index in [1.54, 1.807) is 24.3 Å². The summed E-state index contributed by atoms with van der Waals surface area (Å²) in [6, 6.07) is 8.91. The maximum absolute atomic E-state index is 11.1. The summed E-state index contributed by atoms with van der Waals surface area (Å²) in [5.41, 5.74) is 5.83. The Balaban J connectivity index is 2.66. The van der Waals surface area contributed by atoms with Crippen LogP contribution < -0.4 is 16.9 Å². The van der Waals surface area contributed by atoms with E-state index in [-0.39, 0.29) is 5.84 Å². The molecule has 5 N–H and O–H groups in total. The second kappa shape index (κ2) is 4.10. The van der Waals surface area contributed by atoms with Crippen molar-refractivity contribution in [2.45, 2.75) is 0 Å². The Labute approximate surface area is 75.4 Å². The second-order valence-electron chi connectivity index (χ2n) is 2.33. The predicted molar refractivity (Wildman–Crippen MR) is 50.9 cm³/mol. The number of rotatable bonds is 1. The molecule has 1 aromatic rings. The first-order chi connectivity index (χ1) is 6.24. The number of nitrogens with zero attached hydrogens (tertiary/aromatic N) is 1. The lowest BCUT2D eigenvalue weighted by Crippen LogP contribution is -2.31. The highest BCUT2D eigenvalue weighted by atomic mass is 16.2. The van der Waals surface area contributed by atoms with E-state index in [1.807, 2.05) is 6.07 Å². The zero-order valence-corrected chi connectivity index (χ0v) is 6.90. The number of amidine groups is 1. The molecule has 0 unspecified atom stereocenters. The van der Waals surface area contributed by atoms with Crippen molar-refractivity contribution in [1.82, 2.24) is 0 Å².